The van der Waals surface area contributed by atoms with Crippen LogP contribution in [0.2, 0.25) is 0 Å². The second kappa shape index (κ2) is 9.57. The van der Waals surface area contributed by atoms with Gasteiger partial charge in [0.1, 0.15) is 11.6 Å². The highest BCUT2D eigenvalue weighted by atomic mass is 19.1. The van der Waals surface area contributed by atoms with Crippen LogP contribution >= 0.6 is 0 Å². The molecule has 0 radical (unpaired) electrons. The molecule has 1 N–H and O–H groups in total. The second-order valence-corrected chi connectivity index (χ2v) is 10.9. The van der Waals surface area contributed by atoms with Crippen molar-refractivity contribution in [1.29, 1.82) is 0 Å². The summed E-state index contributed by atoms with van der Waals surface area (Å²) >= 11 is 0. The van der Waals surface area contributed by atoms with Crippen LogP contribution in [0.4, 0.5) is 4.39 Å². The van der Waals surface area contributed by atoms with E-state index in [2.05, 4.69) is 5.16 Å². The van der Waals surface area contributed by atoms with Crippen LogP contribution in [-0.4, -0.2) is 25.8 Å². The number of carboxylic acids is 1. The molecular formula is C29H30FN3O4. The molecule has 2 aromatic heterocycles. The molecule has 8 heteroatoms. The molecule has 1 aliphatic carbocycles. The lowest BCUT2D eigenvalue weighted by molar-refractivity contribution is -0.145. The van der Waals surface area contributed by atoms with Crippen LogP contribution in [-0.2, 0) is 11.2 Å². The van der Waals surface area contributed by atoms with Crippen LogP contribution in [0.3, 0.4) is 0 Å². The Morgan fingerprint density at radius 1 is 1.16 bits per heavy atom. The second-order valence-electron chi connectivity index (χ2n) is 10.9. The van der Waals surface area contributed by atoms with Crippen LogP contribution in [0.15, 0.2) is 57.8 Å². The quantitative estimate of drug-likeness (QED) is 0.311. The maximum absolute atomic E-state index is 13.6. The predicted molar refractivity (Wildman–Crippen MR) is 138 cm³/mol. The minimum atomic E-state index is -0.836. The maximum Gasteiger partial charge on any atom is 0.307 e. The molecule has 7 nitrogen and oxygen atoms in total. The van der Waals surface area contributed by atoms with Gasteiger partial charge in [0, 0.05) is 24.0 Å². The van der Waals surface area contributed by atoms with E-state index in [-0.39, 0.29) is 5.56 Å². The van der Waals surface area contributed by atoms with Crippen molar-refractivity contribution in [1.82, 2.24) is 14.7 Å². The first-order valence-electron chi connectivity index (χ1n) is 12.6. The minimum absolute atomic E-state index is 0.264. The fraction of sp³-hybridized carbons (Fsp3) is 0.379. The van der Waals surface area contributed by atoms with Gasteiger partial charge in [0.2, 0.25) is 0 Å². The summed E-state index contributed by atoms with van der Waals surface area (Å²) in [5.74, 6) is -0.174. The molecule has 0 aliphatic heterocycles. The summed E-state index contributed by atoms with van der Waals surface area (Å²) in [5.41, 5.74) is 2.09. The number of nitrogens with zero attached hydrogens (tertiary/aromatic N) is 3. The van der Waals surface area contributed by atoms with E-state index in [1.54, 1.807) is 18.2 Å². The average molecular weight is 504 g/mol. The van der Waals surface area contributed by atoms with Gasteiger partial charge in [0.05, 0.1) is 28.2 Å². The van der Waals surface area contributed by atoms with E-state index in [0.717, 1.165) is 24.1 Å². The first-order chi connectivity index (χ1) is 17.6. The molecule has 5 rings (SSSR count). The molecule has 4 aromatic rings. The Labute approximate surface area is 213 Å². The van der Waals surface area contributed by atoms with E-state index in [0.29, 0.717) is 53.4 Å². The molecule has 0 amide bonds. The number of carbonyl (C=O) groups is 1. The number of aromatic nitrogens is 3. The lowest BCUT2D eigenvalue weighted by Crippen LogP contribution is -2.29. The molecule has 1 saturated carbocycles. The van der Waals surface area contributed by atoms with Gasteiger partial charge in [-0.2, -0.15) is 0 Å². The van der Waals surface area contributed by atoms with Crippen molar-refractivity contribution in [2.75, 3.05) is 0 Å². The summed E-state index contributed by atoms with van der Waals surface area (Å²) in [4.78, 5) is 30.3. The van der Waals surface area contributed by atoms with Gasteiger partial charge in [0.25, 0.3) is 5.56 Å². The zero-order valence-corrected chi connectivity index (χ0v) is 21.2. The van der Waals surface area contributed by atoms with Crippen LogP contribution in [0.5, 0.6) is 0 Å². The van der Waals surface area contributed by atoms with Gasteiger partial charge in [-0.1, -0.05) is 32.0 Å². The number of hydrogen-bond acceptors (Lipinski definition) is 5. The SMILES string of the molecule is CC(C)(C)C(CCCc1nc2cc(-c3cc(C4CC4)no3)ccc2c(=O)n1-c1ccc(F)cc1)C(=O)O. The number of rotatable bonds is 8. The van der Waals surface area contributed by atoms with Gasteiger partial charge >= 0.3 is 5.97 Å². The van der Waals surface area contributed by atoms with E-state index >= 15 is 0 Å². The summed E-state index contributed by atoms with van der Waals surface area (Å²) in [6.45, 7) is 5.73. The van der Waals surface area contributed by atoms with Crippen LogP contribution in [0, 0.1) is 17.2 Å². The van der Waals surface area contributed by atoms with Crippen molar-refractivity contribution in [2.45, 2.75) is 58.8 Å². The fourth-order valence-electron chi connectivity index (χ4n) is 4.80. The third kappa shape index (κ3) is 5.19. The van der Waals surface area contributed by atoms with Crippen LogP contribution in [0.1, 0.15) is 63.9 Å². The van der Waals surface area contributed by atoms with E-state index in [9.17, 15) is 19.1 Å². The zero-order chi connectivity index (χ0) is 26.3. The number of aryl methyl sites for hydroxylation is 1. The summed E-state index contributed by atoms with van der Waals surface area (Å²) in [7, 11) is 0. The Bertz CT molecular complexity index is 1510. The average Bonchev–Trinajstić information content (AvgIpc) is 3.57. The lowest BCUT2D eigenvalue weighted by Gasteiger charge is -2.27. The number of fused-ring (bicyclic) bond motifs is 1. The standard InChI is InChI=1S/C29H30FN3O4/c1-29(2,3)22(28(35)36)5-4-6-26-31-24-15-18(25-16-23(32-37-25)17-7-8-17)9-14-21(24)27(34)33(26)20-12-10-19(30)11-13-20/h9-17,22H,4-8H2,1-3H3,(H,35,36). The van der Waals surface area contributed by atoms with E-state index in [1.165, 1.54) is 16.7 Å². The van der Waals surface area contributed by atoms with Crippen LogP contribution in [0.25, 0.3) is 27.9 Å². The van der Waals surface area contributed by atoms with Crippen molar-refractivity contribution in [3.8, 4) is 17.0 Å². The summed E-state index contributed by atoms with van der Waals surface area (Å²) in [5, 5.41) is 14.3. The van der Waals surface area contributed by atoms with Crippen molar-refractivity contribution < 1.29 is 18.8 Å². The number of carboxylic acid groups (broad SMARTS) is 1. The molecule has 2 heterocycles. The third-order valence-corrected chi connectivity index (χ3v) is 7.07. The summed E-state index contributed by atoms with van der Waals surface area (Å²) in [6, 6.07) is 13.0. The highest BCUT2D eigenvalue weighted by Crippen LogP contribution is 2.40. The minimum Gasteiger partial charge on any atom is -0.481 e. The van der Waals surface area contributed by atoms with Crippen molar-refractivity contribution >= 4 is 16.9 Å². The molecule has 1 fully saturated rings. The molecule has 0 bridgehead atoms. The molecule has 0 spiro atoms. The number of halogens is 1. The summed E-state index contributed by atoms with van der Waals surface area (Å²) in [6.07, 6.45) is 3.60. The smallest absolute Gasteiger partial charge is 0.307 e. The number of aliphatic carboxylic acids is 1. The highest BCUT2D eigenvalue weighted by Gasteiger charge is 2.31. The van der Waals surface area contributed by atoms with Gasteiger partial charge < -0.3 is 9.63 Å². The molecule has 1 atom stereocenters. The molecule has 0 saturated heterocycles. The largest absolute Gasteiger partial charge is 0.481 e. The van der Waals surface area contributed by atoms with Crippen molar-refractivity contribution in [3.63, 3.8) is 0 Å². The molecule has 37 heavy (non-hydrogen) atoms. The molecule has 1 aliphatic rings. The Balaban J connectivity index is 1.54. The first-order valence-corrected chi connectivity index (χ1v) is 12.6. The maximum atomic E-state index is 13.6. The van der Waals surface area contributed by atoms with Crippen molar-refractivity contribution in [2.24, 2.45) is 11.3 Å². The van der Waals surface area contributed by atoms with E-state index < -0.39 is 23.1 Å². The molecule has 192 valence electrons. The normalized spacial score (nSPS) is 14.7. The summed E-state index contributed by atoms with van der Waals surface area (Å²) < 4.78 is 20.7. The van der Waals surface area contributed by atoms with E-state index in [4.69, 9.17) is 9.51 Å². The van der Waals surface area contributed by atoms with Gasteiger partial charge in [-0.25, -0.2) is 9.37 Å². The van der Waals surface area contributed by atoms with Crippen LogP contribution < -0.4 is 5.56 Å². The molecule has 1 unspecified atom stereocenters. The monoisotopic (exact) mass is 503 g/mol. The molecule has 2 aromatic carbocycles. The Kier molecular flexibility index (Phi) is 6.43. The Morgan fingerprint density at radius 2 is 1.89 bits per heavy atom. The zero-order valence-electron chi connectivity index (χ0n) is 21.2. The van der Waals surface area contributed by atoms with Gasteiger partial charge in [-0.15, -0.1) is 0 Å². The highest BCUT2D eigenvalue weighted by molar-refractivity contribution is 5.83. The first kappa shape index (κ1) is 24.9. The van der Waals surface area contributed by atoms with E-state index in [1.807, 2.05) is 39.0 Å². The van der Waals surface area contributed by atoms with Crippen molar-refractivity contribution in [3.05, 3.63) is 76.2 Å². The fourth-order valence-corrected chi connectivity index (χ4v) is 4.80. The third-order valence-electron chi connectivity index (χ3n) is 7.07. The van der Waals surface area contributed by atoms with Gasteiger partial charge in [-0.05, 0) is 67.5 Å². The number of benzene rings is 2. The van der Waals surface area contributed by atoms with Gasteiger partial charge in [0.15, 0.2) is 5.76 Å². The lowest BCUT2D eigenvalue weighted by atomic mass is 9.78. The van der Waals surface area contributed by atoms with Gasteiger partial charge in [-0.3, -0.25) is 14.2 Å². The predicted octanol–water partition coefficient (Wildman–Crippen LogP) is 6.13. The Morgan fingerprint density at radius 3 is 2.54 bits per heavy atom. The number of hydrogen-bond donors (Lipinski definition) is 1. The Hall–Kier alpha value is -3.81. The molecular weight excluding hydrogens is 473 g/mol. The topological polar surface area (TPSA) is 98.2 Å².